The van der Waals surface area contributed by atoms with E-state index >= 15 is 0 Å². The van der Waals surface area contributed by atoms with E-state index in [1.165, 1.54) is 0 Å². The first-order valence-electron chi connectivity index (χ1n) is 12.3. The van der Waals surface area contributed by atoms with Gasteiger partial charge in [-0.2, -0.15) is 12.6 Å². The summed E-state index contributed by atoms with van der Waals surface area (Å²) in [5.74, 6) is 1.46. The van der Waals surface area contributed by atoms with Gasteiger partial charge >= 0.3 is 12.1 Å². The van der Waals surface area contributed by atoms with Crippen LogP contribution >= 0.6 is 12.6 Å². The number of ether oxygens (including phenoxy) is 6. The Morgan fingerprint density at radius 3 is 2.54 bits per heavy atom. The number of hydrogen-bond acceptors (Lipinski definition) is 10. The van der Waals surface area contributed by atoms with Crippen molar-refractivity contribution in [1.29, 1.82) is 0 Å². The van der Waals surface area contributed by atoms with Gasteiger partial charge in [0.05, 0.1) is 19.0 Å². The predicted octanol–water partition coefficient (Wildman–Crippen LogP) is 4.39. The van der Waals surface area contributed by atoms with Crippen LogP contribution in [0.15, 0.2) is 72.8 Å². The van der Waals surface area contributed by atoms with Gasteiger partial charge in [0.1, 0.15) is 24.2 Å². The first-order chi connectivity index (χ1) is 19.1. The smallest absolute Gasteiger partial charge is 0.412 e. The molecule has 1 aliphatic heterocycles. The van der Waals surface area contributed by atoms with Gasteiger partial charge in [0.25, 0.3) is 0 Å². The topological polar surface area (TPSA) is 122 Å². The molecule has 0 bridgehead atoms. The molecule has 10 nitrogen and oxygen atoms in total. The summed E-state index contributed by atoms with van der Waals surface area (Å²) in [4.78, 5) is 24.9. The molecule has 1 amide bonds. The van der Waals surface area contributed by atoms with Crippen molar-refractivity contribution < 1.29 is 43.1 Å². The monoisotopic (exact) mass is 555 g/mol. The number of esters is 1. The lowest BCUT2D eigenvalue weighted by molar-refractivity contribution is -0.141. The van der Waals surface area contributed by atoms with Crippen LogP contribution in [0.1, 0.15) is 18.1 Å². The Morgan fingerprint density at radius 2 is 1.74 bits per heavy atom. The lowest BCUT2D eigenvalue weighted by atomic mass is 10.0. The minimum Gasteiger partial charge on any atom is -0.491 e. The molecular formula is C28H29NO9S. The number of aliphatic hydroxyl groups is 1. The lowest BCUT2D eigenvalue weighted by Gasteiger charge is -2.29. The molecule has 1 aliphatic rings. The fourth-order valence-corrected chi connectivity index (χ4v) is 3.95. The summed E-state index contributed by atoms with van der Waals surface area (Å²) in [6, 6.07) is 21.0. The highest BCUT2D eigenvalue weighted by atomic mass is 32.1. The van der Waals surface area contributed by atoms with Gasteiger partial charge < -0.3 is 33.5 Å². The second-order valence-electron chi connectivity index (χ2n) is 8.27. The first kappa shape index (κ1) is 27.9. The molecule has 0 saturated heterocycles. The molecule has 0 unspecified atom stereocenters. The van der Waals surface area contributed by atoms with Crippen LogP contribution in [0.25, 0.3) is 0 Å². The molecule has 2 N–H and O–H groups in total. The van der Waals surface area contributed by atoms with Gasteiger partial charge in [-0.15, -0.1) is 0 Å². The molecule has 39 heavy (non-hydrogen) atoms. The molecule has 206 valence electrons. The zero-order chi connectivity index (χ0) is 27.5. The van der Waals surface area contributed by atoms with Gasteiger partial charge in [-0.25, -0.2) is 4.79 Å². The fraction of sp³-hybridized carbons (Fsp3) is 0.286. The number of nitrogens with one attached hydrogen (secondary N) is 1. The van der Waals surface area contributed by atoms with Crippen molar-refractivity contribution in [3.63, 3.8) is 0 Å². The van der Waals surface area contributed by atoms with Crippen LogP contribution in [0.3, 0.4) is 0 Å². The van der Waals surface area contributed by atoms with Crippen LogP contribution in [-0.4, -0.2) is 55.6 Å². The van der Waals surface area contributed by atoms with Crippen molar-refractivity contribution in [2.45, 2.75) is 18.6 Å². The Morgan fingerprint density at radius 1 is 0.974 bits per heavy atom. The van der Waals surface area contributed by atoms with Crippen molar-refractivity contribution in [1.82, 2.24) is 0 Å². The standard InChI is InChI=1S/C28H29NO9S/c30-13-15-33-22-9-5-4-8-21(22)27(38-28(32)29-19-10-11-23-25(16-19)36-18-35-23)24(12-14-34-26(31)17-39)37-20-6-2-1-3-7-20/h1-11,16,24,27,30,39H,12-15,17-18H2,(H,29,32)/t24-,27-/m1/s1. The van der Waals surface area contributed by atoms with Gasteiger partial charge in [0.2, 0.25) is 6.79 Å². The van der Waals surface area contributed by atoms with Crippen molar-refractivity contribution in [2.24, 2.45) is 0 Å². The molecule has 1 heterocycles. The molecule has 11 heteroatoms. The molecule has 3 aromatic rings. The third kappa shape index (κ3) is 7.95. The van der Waals surface area contributed by atoms with Gasteiger partial charge in [0.15, 0.2) is 17.6 Å². The van der Waals surface area contributed by atoms with E-state index in [0.29, 0.717) is 34.2 Å². The highest BCUT2D eigenvalue weighted by Gasteiger charge is 2.32. The van der Waals surface area contributed by atoms with Crippen LogP contribution in [0.4, 0.5) is 10.5 Å². The number of anilines is 1. The number of carbonyl (C=O) groups is 2. The average Bonchev–Trinajstić information content (AvgIpc) is 3.43. The summed E-state index contributed by atoms with van der Waals surface area (Å²) in [5.41, 5.74) is 0.948. The Balaban J connectivity index is 1.62. The summed E-state index contributed by atoms with van der Waals surface area (Å²) >= 11 is 3.94. The Labute approximate surface area is 231 Å². The molecule has 0 spiro atoms. The van der Waals surface area contributed by atoms with E-state index in [4.69, 9.17) is 28.4 Å². The average molecular weight is 556 g/mol. The number of aliphatic hydroxyl groups excluding tert-OH is 1. The zero-order valence-corrected chi connectivity index (χ0v) is 21.9. The SMILES string of the molecule is O=C(CS)OCC[C@@H](Oc1ccccc1)[C@H](OC(=O)Nc1ccc2c(c1)OCO2)c1ccccc1OCCO. The Kier molecular flexibility index (Phi) is 10.1. The Hall–Kier alpha value is -4.09. The maximum Gasteiger partial charge on any atom is 0.412 e. The summed E-state index contributed by atoms with van der Waals surface area (Å²) in [6.45, 7) is -0.0581. The predicted molar refractivity (Wildman–Crippen MR) is 145 cm³/mol. The van der Waals surface area contributed by atoms with Gasteiger partial charge in [0, 0.05) is 23.7 Å². The summed E-state index contributed by atoms with van der Waals surface area (Å²) in [7, 11) is 0. The largest absolute Gasteiger partial charge is 0.491 e. The van der Waals surface area contributed by atoms with Crippen molar-refractivity contribution in [2.75, 3.05) is 37.7 Å². The molecule has 4 rings (SSSR count). The molecular weight excluding hydrogens is 526 g/mol. The second kappa shape index (κ2) is 14.2. The summed E-state index contributed by atoms with van der Waals surface area (Å²) < 4.78 is 33.9. The van der Waals surface area contributed by atoms with Crippen LogP contribution in [0, 0.1) is 0 Å². The van der Waals surface area contributed by atoms with Crippen LogP contribution in [0.2, 0.25) is 0 Å². The highest BCUT2D eigenvalue weighted by Crippen LogP contribution is 2.36. The van der Waals surface area contributed by atoms with Crippen molar-refractivity contribution in [3.05, 3.63) is 78.4 Å². The van der Waals surface area contributed by atoms with E-state index in [9.17, 15) is 14.7 Å². The van der Waals surface area contributed by atoms with E-state index in [2.05, 4.69) is 17.9 Å². The maximum atomic E-state index is 13.2. The number of hydrogen-bond donors (Lipinski definition) is 3. The van der Waals surface area contributed by atoms with Gasteiger partial charge in [-0.1, -0.05) is 36.4 Å². The quantitative estimate of drug-likeness (QED) is 0.208. The molecule has 2 atom stereocenters. The number of carbonyl (C=O) groups excluding carboxylic acids is 2. The van der Waals surface area contributed by atoms with Gasteiger partial charge in [-0.3, -0.25) is 10.1 Å². The molecule has 3 aromatic carbocycles. The number of para-hydroxylation sites is 2. The summed E-state index contributed by atoms with van der Waals surface area (Å²) in [5, 5.41) is 12.0. The van der Waals surface area contributed by atoms with Crippen LogP contribution < -0.4 is 24.3 Å². The van der Waals surface area contributed by atoms with E-state index in [1.54, 1.807) is 54.6 Å². The van der Waals surface area contributed by atoms with Crippen molar-refractivity contribution >= 4 is 30.4 Å². The van der Waals surface area contributed by atoms with Crippen LogP contribution in [0.5, 0.6) is 23.0 Å². The fourth-order valence-electron chi connectivity index (χ4n) is 3.86. The molecule has 0 radical (unpaired) electrons. The molecule has 0 aliphatic carbocycles. The Bertz CT molecular complexity index is 1240. The number of benzene rings is 3. The number of amides is 1. The normalized spacial score (nSPS) is 13.2. The molecule has 0 aromatic heterocycles. The first-order valence-corrected chi connectivity index (χ1v) is 12.9. The lowest BCUT2D eigenvalue weighted by Crippen LogP contribution is -2.32. The highest BCUT2D eigenvalue weighted by molar-refractivity contribution is 7.81. The third-order valence-corrected chi connectivity index (χ3v) is 5.85. The zero-order valence-electron chi connectivity index (χ0n) is 21.0. The molecule has 0 fully saturated rings. The molecule has 0 saturated carbocycles. The van der Waals surface area contributed by atoms with Crippen molar-refractivity contribution in [3.8, 4) is 23.0 Å². The minimum atomic E-state index is -0.996. The third-order valence-electron chi connectivity index (χ3n) is 5.59. The van der Waals surface area contributed by atoms with E-state index < -0.39 is 24.3 Å². The van der Waals surface area contributed by atoms with Crippen LogP contribution in [-0.2, 0) is 14.3 Å². The van der Waals surface area contributed by atoms with E-state index in [0.717, 1.165) is 0 Å². The van der Waals surface area contributed by atoms with E-state index in [-0.39, 0.29) is 38.8 Å². The maximum absolute atomic E-state index is 13.2. The number of thiol groups is 1. The number of rotatable bonds is 13. The minimum absolute atomic E-state index is 0.000196. The summed E-state index contributed by atoms with van der Waals surface area (Å²) in [6.07, 6.45) is -2.36. The number of fused-ring (bicyclic) bond motifs is 1. The van der Waals surface area contributed by atoms with E-state index in [1.807, 2.05) is 18.2 Å². The second-order valence-corrected chi connectivity index (χ2v) is 8.58. The van der Waals surface area contributed by atoms with Gasteiger partial charge in [-0.05, 0) is 30.3 Å².